The van der Waals surface area contributed by atoms with Crippen LogP contribution in [0.1, 0.15) is 92.4 Å². The van der Waals surface area contributed by atoms with E-state index in [9.17, 15) is 19.5 Å². The second-order valence-corrected chi connectivity index (χ2v) is 12.1. The number of nitrogens with zero attached hydrogens (tertiary/aromatic N) is 2. The molecule has 0 aromatic heterocycles. The van der Waals surface area contributed by atoms with E-state index in [1.54, 1.807) is 15.9 Å². The van der Waals surface area contributed by atoms with Crippen molar-refractivity contribution in [1.29, 1.82) is 0 Å². The highest BCUT2D eigenvalue weighted by molar-refractivity contribution is 5.99. The molecular weight excluding hydrogens is 508 g/mol. The van der Waals surface area contributed by atoms with Crippen molar-refractivity contribution in [3.05, 3.63) is 25.3 Å². The Bertz CT molecular complexity index is 938. The number of fused-ring (bicyclic) bond motifs is 1. The smallest absolute Gasteiger partial charge is 0.312 e. The number of likely N-dealkylation sites (tertiary alicyclic amines) is 1. The number of aliphatic hydroxyl groups excluding tert-OH is 1. The summed E-state index contributed by atoms with van der Waals surface area (Å²) in [6.45, 7) is 18.1. The van der Waals surface area contributed by atoms with E-state index < -0.39 is 41.1 Å². The van der Waals surface area contributed by atoms with Crippen molar-refractivity contribution in [2.75, 3.05) is 19.8 Å². The van der Waals surface area contributed by atoms with Crippen LogP contribution in [0.25, 0.3) is 0 Å². The molecule has 1 N–H and O–H groups in total. The molecule has 2 bridgehead atoms. The Morgan fingerprint density at radius 3 is 2.50 bits per heavy atom. The van der Waals surface area contributed by atoms with Gasteiger partial charge in [-0.1, -0.05) is 52.7 Å². The first-order valence-electron chi connectivity index (χ1n) is 15.5. The number of esters is 1. The second-order valence-electron chi connectivity index (χ2n) is 12.1. The predicted octanol–water partition coefficient (Wildman–Crippen LogP) is 4.65. The molecule has 226 valence electrons. The maximum absolute atomic E-state index is 14.6. The van der Waals surface area contributed by atoms with Crippen molar-refractivity contribution < 1.29 is 29.0 Å². The Kier molecular flexibility index (Phi) is 11.0. The number of carbonyl (C=O) groups is 3. The first-order valence-corrected chi connectivity index (χ1v) is 15.5. The van der Waals surface area contributed by atoms with E-state index in [1.807, 2.05) is 33.8 Å². The van der Waals surface area contributed by atoms with Gasteiger partial charge in [0.05, 0.1) is 30.8 Å². The molecule has 0 aliphatic carbocycles. The average molecular weight is 561 g/mol. The van der Waals surface area contributed by atoms with E-state index in [0.717, 1.165) is 32.1 Å². The van der Waals surface area contributed by atoms with Crippen molar-refractivity contribution in [2.24, 2.45) is 17.8 Å². The van der Waals surface area contributed by atoms with E-state index in [1.165, 1.54) is 0 Å². The summed E-state index contributed by atoms with van der Waals surface area (Å²) in [7, 11) is 0. The molecule has 3 saturated heterocycles. The minimum atomic E-state index is -1.14. The number of unbranched alkanes of at least 4 members (excludes halogenated alkanes) is 2. The van der Waals surface area contributed by atoms with Crippen molar-refractivity contribution >= 4 is 17.8 Å². The number of ether oxygens (including phenoxy) is 2. The normalized spacial score (nSPS) is 31.0. The number of carbonyl (C=O) groups excluding carboxylic acids is 3. The molecule has 8 atom stereocenters. The molecule has 0 radical (unpaired) electrons. The first kappa shape index (κ1) is 32.3. The van der Waals surface area contributed by atoms with E-state index in [-0.39, 0.29) is 37.0 Å². The van der Waals surface area contributed by atoms with Crippen LogP contribution in [0.3, 0.4) is 0 Å². The Balaban J connectivity index is 2.08. The van der Waals surface area contributed by atoms with E-state index in [4.69, 9.17) is 9.47 Å². The fraction of sp³-hybridized carbons (Fsp3) is 0.781. The largest absolute Gasteiger partial charge is 0.465 e. The third-order valence-corrected chi connectivity index (χ3v) is 9.85. The van der Waals surface area contributed by atoms with Crippen LogP contribution >= 0.6 is 0 Å². The zero-order chi connectivity index (χ0) is 29.7. The van der Waals surface area contributed by atoms with Crippen LogP contribution in [-0.4, -0.2) is 81.8 Å². The first-order chi connectivity index (χ1) is 19.1. The lowest BCUT2D eigenvalue weighted by molar-refractivity contribution is -0.164. The molecule has 3 aliphatic rings. The summed E-state index contributed by atoms with van der Waals surface area (Å²) >= 11 is 0. The number of hydrogen-bond acceptors (Lipinski definition) is 6. The van der Waals surface area contributed by atoms with Crippen molar-refractivity contribution in [2.45, 2.75) is 122 Å². The molecule has 8 heteroatoms. The molecule has 1 spiro atoms. The van der Waals surface area contributed by atoms with Crippen LogP contribution < -0.4 is 0 Å². The van der Waals surface area contributed by atoms with E-state index >= 15 is 0 Å². The van der Waals surface area contributed by atoms with Gasteiger partial charge in [-0.25, -0.2) is 0 Å². The van der Waals surface area contributed by atoms with Crippen LogP contribution in [0, 0.1) is 17.8 Å². The minimum Gasteiger partial charge on any atom is -0.465 e. The van der Waals surface area contributed by atoms with Gasteiger partial charge in [0.1, 0.15) is 17.6 Å². The molecule has 3 aliphatic heterocycles. The zero-order valence-electron chi connectivity index (χ0n) is 25.4. The van der Waals surface area contributed by atoms with Crippen molar-refractivity contribution in [1.82, 2.24) is 9.80 Å². The van der Waals surface area contributed by atoms with E-state index in [2.05, 4.69) is 20.1 Å². The van der Waals surface area contributed by atoms with Gasteiger partial charge in [0.25, 0.3) is 0 Å². The van der Waals surface area contributed by atoms with Crippen LogP contribution in [0.15, 0.2) is 25.3 Å². The molecule has 0 saturated carbocycles. The molecule has 3 unspecified atom stereocenters. The van der Waals surface area contributed by atoms with Crippen molar-refractivity contribution in [3.63, 3.8) is 0 Å². The summed E-state index contributed by atoms with van der Waals surface area (Å²) in [4.78, 5) is 46.2. The molecule has 3 fully saturated rings. The summed E-state index contributed by atoms with van der Waals surface area (Å²) < 4.78 is 12.6. The van der Waals surface area contributed by atoms with Gasteiger partial charge >= 0.3 is 5.97 Å². The fourth-order valence-corrected chi connectivity index (χ4v) is 7.48. The van der Waals surface area contributed by atoms with Gasteiger partial charge in [-0.3, -0.25) is 14.4 Å². The predicted molar refractivity (Wildman–Crippen MR) is 155 cm³/mol. The molecule has 2 amide bonds. The molecule has 40 heavy (non-hydrogen) atoms. The highest BCUT2D eigenvalue weighted by Crippen LogP contribution is 2.65. The number of aliphatic hydroxyl groups is 1. The summed E-state index contributed by atoms with van der Waals surface area (Å²) in [5.74, 6) is -2.53. The summed E-state index contributed by atoms with van der Waals surface area (Å²) in [5, 5.41) is 10.6. The van der Waals surface area contributed by atoms with Gasteiger partial charge in [-0.2, -0.15) is 0 Å². The fourth-order valence-electron chi connectivity index (χ4n) is 7.48. The van der Waals surface area contributed by atoms with Gasteiger partial charge < -0.3 is 24.4 Å². The quantitative estimate of drug-likeness (QED) is 0.158. The maximum atomic E-state index is 14.6. The molecule has 0 aromatic carbocycles. The maximum Gasteiger partial charge on any atom is 0.312 e. The monoisotopic (exact) mass is 560 g/mol. The summed E-state index contributed by atoms with van der Waals surface area (Å²) in [6.07, 6.45) is 10.1. The second kappa shape index (κ2) is 13.6. The number of rotatable bonds is 17. The molecule has 0 aromatic rings. The third kappa shape index (κ3) is 5.50. The topological polar surface area (TPSA) is 96.4 Å². The molecule has 8 nitrogen and oxygen atoms in total. The van der Waals surface area contributed by atoms with E-state index in [0.29, 0.717) is 32.2 Å². The zero-order valence-corrected chi connectivity index (χ0v) is 25.4. The highest BCUT2D eigenvalue weighted by atomic mass is 16.6. The molecular formula is C32H52N2O6. The van der Waals surface area contributed by atoms with Gasteiger partial charge in [-0.05, 0) is 57.8 Å². The third-order valence-electron chi connectivity index (χ3n) is 9.85. The standard InChI is InChI=1S/C32H52N2O6/c1-8-13-14-15-20-39-30(38)26-25-28(36)34(24(21-35)22(6)11-4)27(32(25)18-17-31(26,12-5)40-32)29(37)33(19-10-3)23(7)16-9-2/h8,10,22-27,35H,1,3,9,11-21H2,2,4-7H3/t22-,23?,24-,25-,26-,27?,31+,32?/m0/s1. The Hall–Kier alpha value is -2.19. The minimum absolute atomic E-state index is 0.0482. The van der Waals surface area contributed by atoms with Crippen LogP contribution in [0.5, 0.6) is 0 Å². The summed E-state index contributed by atoms with van der Waals surface area (Å²) in [6, 6.07) is -1.54. The highest BCUT2D eigenvalue weighted by Gasteiger charge is 2.79. The lowest BCUT2D eigenvalue weighted by Gasteiger charge is -2.42. The molecule has 3 rings (SSSR count). The van der Waals surface area contributed by atoms with Crippen LogP contribution in [0.2, 0.25) is 0 Å². The number of hydrogen-bond donors (Lipinski definition) is 1. The lowest BCUT2D eigenvalue weighted by atomic mass is 9.65. The summed E-state index contributed by atoms with van der Waals surface area (Å²) in [5.41, 5.74) is -1.98. The van der Waals surface area contributed by atoms with Gasteiger partial charge in [-0.15, -0.1) is 13.2 Å². The number of amides is 2. The van der Waals surface area contributed by atoms with Crippen LogP contribution in [-0.2, 0) is 23.9 Å². The average Bonchev–Trinajstić information content (AvgIpc) is 3.55. The molecule has 3 heterocycles. The Morgan fingerprint density at radius 2 is 1.93 bits per heavy atom. The van der Waals surface area contributed by atoms with Gasteiger partial charge in [0, 0.05) is 12.6 Å². The van der Waals surface area contributed by atoms with Crippen molar-refractivity contribution in [3.8, 4) is 0 Å². The Labute approximate surface area is 241 Å². The Morgan fingerprint density at radius 1 is 1.20 bits per heavy atom. The van der Waals surface area contributed by atoms with Crippen LogP contribution in [0.4, 0.5) is 0 Å². The number of allylic oxidation sites excluding steroid dienone is 1. The van der Waals surface area contributed by atoms with Gasteiger partial charge in [0.2, 0.25) is 11.8 Å². The lowest BCUT2D eigenvalue weighted by Crippen LogP contribution is -2.61. The SMILES string of the molecule is C=CCCCCOC(=O)[C@@H]1[C@H]2C(=O)N([C@@H](CO)[C@@H](C)CC)C(C(=O)N(CC=C)C(C)CCC)C23CC[C@@]1(CC)O3. The van der Waals surface area contributed by atoms with Gasteiger partial charge in [0.15, 0.2) is 0 Å².